The summed E-state index contributed by atoms with van der Waals surface area (Å²) >= 11 is 0. The monoisotopic (exact) mass is 224 g/mol. The molecule has 3 rings (SSSR count). The van der Waals surface area contributed by atoms with Crippen molar-refractivity contribution in [1.29, 1.82) is 0 Å². The van der Waals surface area contributed by atoms with Gasteiger partial charge in [-0.3, -0.25) is 0 Å². The van der Waals surface area contributed by atoms with E-state index in [1.165, 1.54) is 22.3 Å². The Morgan fingerprint density at radius 2 is 1.82 bits per heavy atom. The van der Waals surface area contributed by atoms with Crippen LogP contribution in [0, 0.1) is 0 Å². The molecule has 1 heteroatoms. The van der Waals surface area contributed by atoms with Crippen molar-refractivity contribution in [3.8, 4) is 16.9 Å². The van der Waals surface area contributed by atoms with Crippen molar-refractivity contribution in [3.63, 3.8) is 0 Å². The minimum Gasteiger partial charge on any atom is -0.494 e. The Morgan fingerprint density at radius 1 is 1.00 bits per heavy atom. The molecular formula is C16H16O. The van der Waals surface area contributed by atoms with Gasteiger partial charge in [-0.1, -0.05) is 37.3 Å². The molecule has 2 aromatic rings. The number of rotatable bonds is 3. The predicted octanol–water partition coefficient (Wildman–Crippen LogP) is 4.05. The first kappa shape index (κ1) is 10.4. The second-order valence-corrected chi connectivity index (χ2v) is 4.50. The summed E-state index contributed by atoms with van der Waals surface area (Å²) in [4.78, 5) is 0. The molecule has 0 heterocycles. The minimum absolute atomic E-state index is 0.797. The van der Waals surface area contributed by atoms with Gasteiger partial charge in [0, 0.05) is 0 Å². The predicted molar refractivity (Wildman–Crippen MR) is 70.5 cm³/mol. The van der Waals surface area contributed by atoms with Gasteiger partial charge >= 0.3 is 0 Å². The summed E-state index contributed by atoms with van der Waals surface area (Å²) in [6, 6.07) is 15.1. The van der Waals surface area contributed by atoms with Crippen LogP contribution in [0.25, 0.3) is 11.1 Å². The Balaban J connectivity index is 1.95. The van der Waals surface area contributed by atoms with Gasteiger partial charge in [0.15, 0.2) is 0 Å². The zero-order chi connectivity index (χ0) is 11.7. The van der Waals surface area contributed by atoms with Crippen LogP contribution >= 0.6 is 0 Å². The second-order valence-electron chi connectivity index (χ2n) is 4.50. The first-order valence-corrected chi connectivity index (χ1v) is 6.22. The van der Waals surface area contributed by atoms with Crippen molar-refractivity contribution >= 4 is 0 Å². The molecule has 2 aromatic carbocycles. The second kappa shape index (κ2) is 4.25. The van der Waals surface area contributed by atoms with Crippen LogP contribution in [0.15, 0.2) is 42.5 Å². The Labute approximate surface area is 102 Å². The Morgan fingerprint density at radius 3 is 2.71 bits per heavy atom. The third-order valence-corrected chi connectivity index (χ3v) is 3.24. The molecule has 1 aliphatic carbocycles. The fourth-order valence-corrected chi connectivity index (χ4v) is 2.43. The highest BCUT2D eigenvalue weighted by atomic mass is 16.5. The lowest BCUT2D eigenvalue weighted by Gasteiger charge is -2.06. The van der Waals surface area contributed by atoms with Gasteiger partial charge in [-0.15, -0.1) is 0 Å². The van der Waals surface area contributed by atoms with Gasteiger partial charge in [-0.05, 0) is 47.2 Å². The topological polar surface area (TPSA) is 9.23 Å². The lowest BCUT2D eigenvalue weighted by atomic mass is 10.1. The third kappa shape index (κ3) is 1.82. The summed E-state index contributed by atoms with van der Waals surface area (Å²) in [7, 11) is 0. The van der Waals surface area contributed by atoms with E-state index in [1.807, 2.05) is 0 Å². The van der Waals surface area contributed by atoms with E-state index in [2.05, 4.69) is 49.4 Å². The molecular weight excluding hydrogens is 208 g/mol. The van der Waals surface area contributed by atoms with E-state index in [0.29, 0.717) is 0 Å². The molecule has 0 amide bonds. The summed E-state index contributed by atoms with van der Waals surface area (Å²) in [6.07, 6.45) is 2.09. The van der Waals surface area contributed by atoms with Crippen molar-refractivity contribution in [2.45, 2.75) is 19.8 Å². The smallest absolute Gasteiger partial charge is 0.119 e. The van der Waals surface area contributed by atoms with Gasteiger partial charge < -0.3 is 4.74 Å². The average molecular weight is 224 g/mol. The fourth-order valence-electron chi connectivity index (χ4n) is 2.43. The van der Waals surface area contributed by atoms with E-state index in [1.54, 1.807) is 0 Å². The fraction of sp³-hybridized carbons (Fsp3) is 0.250. The molecule has 86 valence electrons. The Hall–Kier alpha value is -1.76. The van der Waals surface area contributed by atoms with E-state index in [4.69, 9.17) is 4.74 Å². The van der Waals surface area contributed by atoms with Gasteiger partial charge in [0.25, 0.3) is 0 Å². The zero-order valence-corrected chi connectivity index (χ0v) is 10.1. The first-order valence-electron chi connectivity index (χ1n) is 6.22. The van der Waals surface area contributed by atoms with Crippen LogP contribution in [0.2, 0.25) is 0 Å². The molecule has 0 aromatic heterocycles. The normalized spacial score (nSPS) is 12.1. The molecule has 0 aliphatic heterocycles. The quantitative estimate of drug-likeness (QED) is 0.652. The van der Waals surface area contributed by atoms with Crippen molar-refractivity contribution in [3.05, 3.63) is 53.6 Å². The number of hydrogen-bond donors (Lipinski definition) is 0. The maximum absolute atomic E-state index is 5.68. The van der Waals surface area contributed by atoms with Gasteiger partial charge in [0.05, 0.1) is 6.61 Å². The van der Waals surface area contributed by atoms with Crippen molar-refractivity contribution in [2.24, 2.45) is 0 Å². The highest BCUT2D eigenvalue weighted by Crippen LogP contribution is 2.37. The van der Waals surface area contributed by atoms with E-state index in [0.717, 1.165) is 25.2 Å². The summed E-state index contributed by atoms with van der Waals surface area (Å²) in [5.74, 6) is 0.999. The van der Waals surface area contributed by atoms with Crippen LogP contribution < -0.4 is 4.74 Å². The Bertz CT molecular complexity index is 543. The van der Waals surface area contributed by atoms with Crippen molar-refractivity contribution < 1.29 is 4.74 Å². The third-order valence-electron chi connectivity index (χ3n) is 3.24. The standard InChI is InChI=1S/C16H16O/c1-2-9-17-14-7-8-16-13(11-14)10-12-5-3-4-6-15(12)16/h3-8,11H,2,9-10H2,1H3. The van der Waals surface area contributed by atoms with E-state index >= 15 is 0 Å². The number of hydrogen-bond acceptors (Lipinski definition) is 1. The highest BCUT2D eigenvalue weighted by molar-refractivity contribution is 5.77. The largest absolute Gasteiger partial charge is 0.494 e. The summed E-state index contributed by atoms with van der Waals surface area (Å²) < 4.78 is 5.68. The van der Waals surface area contributed by atoms with Crippen molar-refractivity contribution in [1.82, 2.24) is 0 Å². The SMILES string of the molecule is CCCOc1ccc2c(c1)Cc1ccccc1-2. The van der Waals surface area contributed by atoms with E-state index in [9.17, 15) is 0 Å². The van der Waals surface area contributed by atoms with Crippen LogP contribution in [0.3, 0.4) is 0 Å². The molecule has 1 nitrogen and oxygen atoms in total. The summed E-state index contributed by atoms with van der Waals surface area (Å²) in [5.41, 5.74) is 5.56. The molecule has 0 saturated heterocycles. The van der Waals surface area contributed by atoms with Crippen LogP contribution in [-0.4, -0.2) is 6.61 Å². The molecule has 0 fully saturated rings. The zero-order valence-electron chi connectivity index (χ0n) is 10.1. The van der Waals surface area contributed by atoms with Crippen LogP contribution in [-0.2, 0) is 6.42 Å². The van der Waals surface area contributed by atoms with Gasteiger partial charge in [0.2, 0.25) is 0 Å². The first-order chi connectivity index (χ1) is 8.38. The maximum Gasteiger partial charge on any atom is 0.119 e. The molecule has 0 unspecified atom stereocenters. The molecule has 0 radical (unpaired) electrons. The Kier molecular flexibility index (Phi) is 2.60. The van der Waals surface area contributed by atoms with Crippen molar-refractivity contribution in [2.75, 3.05) is 6.61 Å². The van der Waals surface area contributed by atoms with Crippen LogP contribution in [0.5, 0.6) is 5.75 Å². The van der Waals surface area contributed by atoms with Crippen LogP contribution in [0.4, 0.5) is 0 Å². The molecule has 0 spiro atoms. The van der Waals surface area contributed by atoms with Gasteiger partial charge in [-0.25, -0.2) is 0 Å². The number of fused-ring (bicyclic) bond motifs is 3. The maximum atomic E-state index is 5.68. The lowest BCUT2D eigenvalue weighted by Crippen LogP contribution is -1.95. The summed E-state index contributed by atoms with van der Waals surface area (Å²) in [5, 5.41) is 0. The average Bonchev–Trinajstić information content (AvgIpc) is 2.74. The number of benzene rings is 2. The molecule has 0 atom stereocenters. The van der Waals surface area contributed by atoms with Crippen LogP contribution in [0.1, 0.15) is 24.5 Å². The van der Waals surface area contributed by atoms with Gasteiger partial charge in [-0.2, -0.15) is 0 Å². The molecule has 0 saturated carbocycles. The highest BCUT2D eigenvalue weighted by Gasteiger charge is 2.17. The summed E-state index contributed by atoms with van der Waals surface area (Å²) in [6.45, 7) is 2.93. The minimum atomic E-state index is 0.797. The molecule has 1 aliphatic rings. The van der Waals surface area contributed by atoms with Gasteiger partial charge in [0.1, 0.15) is 5.75 Å². The van der Waals surface area contributed by atoms with E-state index < -0.39 is 0 Å². The molecule has 0 N–H and O–H groups in total. The number of ether oxygens (including phenoxy) is 1. The molecule has 0 bridgehead atoms. The van der Waals surface area contributed by atoms with E-state index in [-0.39, 0.29) is 0 Å². The lowest BCUT2D eigenvalue weighted by molar-refractivity contribution is 0.317. The molecule has 17 heavy (non-hydrogen) atoms.